The summed E-state index contributed by atoms with van der Waals surface area (Å²) in [6.07, 6.45) is -17.2. The first-order chi connectivity index (χ1) is 56.0. The number of aryl methyl sites for hydroxylation is 3. The zero-order valence-electron chi connectivity index (χ0n) is 67.3. The molecule has 0 bridgehead atoms. The minimum absolute atomic E-state index is 0. The molecule has 121 heavy (non-hydrogen) atoms. The number of benzene rings is 8. The third kappa shape index (κ3) is 25.5. The Bertz CT molecular complexity index is 5070. The first kappa shape index (κ1) is 95.9. The predicted octanol–water partition coefficient (Wildman–Crippen LogP) is 13.4. The fourth-order valence-corrected chi connectivity index (χ4v) is 15.2. The molecule has 0 saturated carbocycles. The number of alkyl halides is 12. The van der Waals surface area contributed by atoms with E-state index in [-0.39, 0.29) is 85.9 Å². The molecule has 0 amide bonds. The summed E-state index contributed by atoms with van der Waals surface area (Å²) < 4.78 is 172. The average Bonchev–Trinajstić information content (AvgIpc) is 0.811. The van der Waals surface area contributed by atoms with Crippen LogP contribution >= 0.6 is 0 Å². The third-order valence-corrected chi connectivity index (χ3v) is 21.7. The molecule has 0 aliphatic carbocycles. The molecular formula is C91H90ClF13N8O8. The van der Waals surface area contributed by atoms with Crippen molar-refractivity contribution in [3.05, 3.63) is 303 Å². The largest absolute Gasteiger partial charge is 1.00 e. The lowest BCUT2D eigenvalue weighted by Gasteiger charge is -2.34. The van der Waals surface area contributed by atoms with E-state index in [4.69, 9.17) is 26.3 Å². The Morgan fingerprint density at radius 1 is 0.380 bits per heavy atom. The topological polar surface area (TPSA) is 181 Å². The van der Waals surface area contributed by atoms with E-state index in [1.54, 1.807) is 12.1 Å². The molecule has 5 N–H and O–H groups in total. The summed E-state index contributed by atoms with van der Waals surface area (Å²) in [5.41, 5.74) is -0.491. The highest BCUT2D eigenvalue weighted by Gasteiger charge is 2.43. The molecule has 4 heterocycles. The number of nitrogens with one attached hydrogen (secondary N) is 1. The Labute approximate surface area is 699 Å². The Morgan fingerprint density at radius 3 is 1.07 bits per heavy atom. The number of rotatable bonds is 20. The van der Waals surface area contributed by atoms with Crippen LogP contribution in [-0.4, -0.2) is 133 Å². The normalized spacial score (nSPS) is 16.7. The van der Waals surface area contributed by atoms with E-state index in [0.717, 1.165) is 101 Å². The lowest BCUT2D eigenvalue weighted by molar-refractivity contribution is -0.920. The molecule has 8 aromatic carbocycles. The van der Waals surface area contributed by atoms with Gasteiger partial charge in [0.15, 0.2) is 51.5 Å². The van der Waals surface area contributed by atoms with Gasteiger partial charge in [0, 0.05) is 96.6 Å². The van der Waals surface area contributed by atoms with Crippen molar-refractivity contribution < 1.29 is 114 Å². The van der Waals surface area contributed by atoms with Gasteiger partial charge in [0.05, 0.1) is 55.1 Å². The van der Waals surface area contributed by atoms with Gasteiger partial charge >= 0.3 is 24.7 Å². The van der Waals surface area contributed by atoms with Crippen molar-refractivity contribution in [3.8, 4) is 0 Å². The van der Waals surface area contributed by atoms with Crippen LogP contribution in [0, 0.1) is 52.9 Å². The van der Waals surface area contributed by atoms with E-state index in [1.165, 1.54) is 91.4 Å². The van der Waals surface area contributed by atoms with Crippen LogP contribution in [0.25, 0.3) is 19.4 Å². The highest BCUT2D eigenvalue weighted by molar-refractivity contribution is 5.91. The number of quaternary nitrogens is 1. The maximum Gasteiger partial charge on any atom is 0.407 e. The van der Waals surface area contributed by atoms with Crippen molar-refractivity contribution in [2.45, 2.75) is 173 Å². The number of fused-ring (bicyclic) bond motifs is 4. The van der Waals surface area contributed by atoms with Crippen LogP contribution in [-0.2, 0) is 121 Å². The molecule has 0 fully saturated rings. The molecule has 4 aliphatic rings. The number of aliphatic hydroxyl groups is 4. The minimum atomic E-state index is -4.71. The molecule has 0 saturated heterocycles. The van der Waals surface area contributed by atoms with Crippen LogP contribution in [0.3, 0.4) is 0 Å². The van der Waals surface area contributed by atoms with Gasteiger partial charge in [-0.05, 0) is 135 Å². The second-order valence-corrected chi connectivity index (χ2v) is 32.0. The van der Waals surface area contributed by atoms with Crippen molar-refractivity contribution in [2.24, 2.45) is 0 Å². The van der Waals surface area contributed by atoms with Crippen molar-refractivity contribution in [1.29, 1.82) is 0 Å². The van der Waals surface area contributed by atoms with Gasteiger partial charge in [-0.25, -0.2) is 23.8 Å². The summed E-state index contributed by atoms with van der Waals surface area (Å²) in [5, 5.41) is 43.0. The van der Waals surface area contributed by atoms with Gasteiger partial charge in [-0.1, -0.05) is 156 Å². The zero-order chi connectivity index (χ0) is 88.4. The Kier molecular flexibility index (Phi) is 31.0. The van der Waals surface area contributed by atoms with Crippen molar-refractivity contribution in [2.75, 3.05) is 52.4 Å². The molecule has 4 aliphatic heterocycles. The Hall–Kier alpha value is -10.5. The van der Waals surface area contributed by atoms with Gasteiger partial charge in [0.2, 0.25) is 0 Å². The Balaban J connectivity index is 0.000000200. The van der Waals surface area contributed by atoms with Gasteiger partial charge in [-0.3, -0.25) is 33.9 Å². The van der Waals surface area contributed by atoms with Crippen molar-refractivity contribution in [3.63, 3.8) is 0 Å². The number of carbonyl (C=O) groups is 4. The van der Waals surface area contributed by atoms with Crippen LogP contribution in [0.5, 0.6) is 0 Å². The van der Waals surface area contributed by atoms with E-state index >= 15 is 0 Å². The molecule has 8 aromatic rings. The average molecular weight is 1710 g/mol. The maximum atomic E-state index is 13.9. The van der Waals surface area contributed by atoms with Crippen molar-refractivity contribution in [1.82, 2.24) is 14.7 Å². The monoisotopic (exact) mass is 1700 g/mol. The number of halogens is 14. The molecule has 12 rings (SSSR count). The van der Waals surface area contributed by atoms with E-state index in [9.17, 15) is 96.7 Å². The lowest BCUT2D eigenvalue weighted by atomic mass is 9.91. The van der Waals surface area contributed by atoms with Gasteiger partial charge in [0.25, 0.3) is 0 Å². The van der Waals surface area contributed by atoms with Crippen LogP contribution in [0.4, 0.5) is 79.8 Å². The van der Waals surface area contributed by atoms with Crippen LogP contribution in [0.15, 0.2) is 146 Å². The maximum absolute atomic E-state index is 13.9. The summed E-state index contributed by atoms with van der Waals surface area (Å²) in [7, 11) is 0. The minimum Gasteiger partial charge on any atom is -1.00 e. The van der Waals surface area contributed by atoms with Crippen LogP contribution in [0.1, 0.15) is 133 Å². The SMILES string of the molecule is [C-]#[N+]c1ccc(CC(=O)[C@@](C)(O)CN2CCc3c(F)cccc3C2)cc1C(F)(F)F.[C-]#[N+]c1ccc(CC(=O)[C@@](C)(O)CN2CCc3cc(C)ccc3C2)cc1C(F)(F)F.[C-]#[N+]c1ccc(CC(=O)[C@@](C)(O)CN2CCc3ccc(C)cc3C2)cc1C(F)(F)F.[C-]#[N+]c1ccc(CC(=O)[C@@](C)(O)C[NH+]2CCc3cc(C)ccc3C2)cc1C(F)(F)F.[Cl-]. The number of carbonyl (C=O) groups excluding carboxylic acids is 4. The first-order valence-electron chi connectivity index (χ1n) is 38.3. The van der Waals surface area contributed by atoms with Gasteiger partial charge in [0.1, 0.15) is 35.7 Å². The van der Waals surface area contributed by atoms with Gasteiger partial charge in [-0.15, -0.1) is 0 Å². The number of β-amino-alcohol motifs (C(OH)–C–C–N with tert-alkyl or cyclic N) is 3. The van der Waals surface area contributed by atoms with E-state index < -0.39 is 122 Å². The molecule has 0 radical (unpaired) electrons. The number of nitrogens with zero attached hydrogens (tertiary/aromatic N) is 7. The molecule has 0 aromatic heterocycles. The molecule has 640 valence electrons. The molecule has 5 atom stereocenters. The molecular weight excluding hydrogens is 1620 g/mol. The van der Waals surface area contributed by atoms with Crippen LogP contribution < -0.4 is 17.3 Å². The smallest absolute Gasteiger partial charge is 0.407 e. The fourth-order valence-electron chi connectivity index (χ4n) is 15.2. The first-order valence-corrected chi connectivity index (χ1v) is 38.3. The van der Waals surface area contributed by atoms with Gasteiger partial charge < -0.3 is 37.7 Å². The number of ketones is 4. The molecule has 0 spiro atoms. The zero-order valence-corrected chi connectivity index (χ0v) is 68.1. The third-order valence-electron chi connectivity index (χ3n) is 21.7. The number of hydrogen-bond donors (Lipinski definition) is 5. The summed E-state index contributed by atoms with van der Waals surface area (Å²) in [5.74, 6) is -2.55. The van der Waals surface area contributed by atoms with E-state index in [1.807, 2.05) is 53.7 Å². The van der Waals surface area contributed by atoms with E-state index in [2.05, 4.69) is 55.8 Å². The predicted molar refractivity (Wildman–Crippen MR) is 423 cm³/mol. The summed E-state index contributed by atoms with van der Waals surface area (Å²) in [6, 6.07) is 36.3. The van der Waals surface area contributed by atoms with Crippen molar-refractivity contribution >= 4 is 45.9 Å². The fraction of sp³-hybridized carbons (Fsp3) is 0.385. The standard InChI is InChI=1S/3C23H23F3N2O2.C22H20F4N2O2.ClH/c2*1-15-4-6-18-13-28(9-8-17(18)10-15)14-22(2,30)21(29)12-16-5-7-20(27-3)19(11-16)23(24,25)26;1-15-4-6-17-8-9-28(13-18(17)10-15)14-22(2,30)21(29)12-16-5-7-20(27-3)19(11-16)23(24,25)26;1-21(30,13-28-9-8-16-15(12-28)4-3-5-18(16)23)20(29)11-14-6-7-19(27-2)17(10-14)22(24,25)26;/h3*4-7,10-11,30H,8-9,12-14H2,1-2H3;3-7,10,30H,8-9,11-13H2,1H3;1H/t3*22-;21-;/m0000./s1. The lowest BCUT2D eigenvalue weighted by Crippen LogP contribution is -3.13. The van der Waals surface area contributed by atoms with Gasteiger partial charge in [-0.2, -0.15) is 52.7 Å². The quantitative estimate of drug-likeness (QED) is 0.0362. The number of hydrogen-bond acceptors (Lipinski definition) is 11. The summed E-state index contributed by atoms with van der Waals surface area (Å²) in [4.78, 5) is 69.2. The number of Topliss-reactive ketones (excluding diaryl/α,β-unsaturated/α-hetero) is 4. The summed E-state index contributed by atoms with van der Waals surface area (Å²) in [6.45, 7) is 44.5. The van der Waals surface area contributed by atoms with E-state index in [0.29, 0.717) is 57.8 Å². The van der Waals surface area contributed by atoms with Crippen LogP contribution in [0.2, 0.25) is 0 Å². The Morgan fingerprint density at radius 2 is 0.694 bits per heavy atom. The molecule has 16 nitrogen and oxygen atoms in total. The molecule has 1 unspecified atom stereocenters. The second-order valence-electron chi connectivity index (χ2n) is 32.0. The highest BCUT2D eigenvalue weighted by atomic mass is 35.5. The highest BCUT2D eigenvalue weighted by Crippen LogP contribution is 2.42. The second kappa shape index (κ2) is 39.1. The summed E-state index contributed by atoms with van der Waals surface area (Å²) >= 11 is 0. The molecule has 30 heteroatoms.